The molecule has 2 fully saturated rings. The van der Waals surface area contributed by atoms with Crippen LogP contribution < -0.4 is 0 Å². The van der Waals surface area contributed by atoms with Gasteiger partial charge in [0.2, 0.25) is 6.29 Å². The van der Waals surface area contributed by atoms with Crippen molar-refractivity contribution in [3.63, 3.8) is 0 Å². The van der Waals surface area contributed by atoms with E-state index in [1.54, 1.807) is 0 Å². The smallest absolute Gasteiger partial charge is 0.220 e. The number of ether oxygens (including phenoxy) is 4. The molecule has 0 N–H and O–H groups in total. The van der Waals surface area contributed by atoms with Gasteiger partial charge in [0, 0.05) is 0 Å². The summed E-state index contributed by atoms with van der Waals surface area (Å²) in [5, 5.41) is 0. The predicted molar refractivity (Wildman–Crippen MR) is 96.3 cm³/mol. The molecule has 2 aliphatic heterocycles. The molecule has 4 rings (SSSR count). The van der Waals surface area contributed by atoms with Crippen LogP contribution in [0.15, 0.2) is 60.7 Å². The molecule has 2 aromatic rings. The van der Waals surface area contributed by atoms with Gasteiger partial charge in [-0.3, -0.25) is 0 Å². The fraction of sp³-hybridized carbons (Fsp3) is 0.429. The van der Waals surface area contributed by atoms with Gasteiger partial charge in [0.15, 0.2) is 6.29 Å². The van der Waals surface area contributed by atoms with Crippen molar-refractivity contribution in [1.82, 2.24) is 0 Å². The average Bonchev–Trinajstić information content (AvgIpc) is 2.72. The van der Waals surface area contributed by atoms with Crippen LogP contribution in [-0.4, -0.2) is 37.5 Å². The van der Waals surface area contributed by atoms with Crippen molar-refractivity contribution in [3.8, 4) is 0 Å². The number of rotatable bonds is 6. The summed E-state index contributed by atoms with van der Waals surface area (Å²) in [6.07, 6.45) is -2.13. The minimum Gasteiger partial charge on any atom is -0.365 e. The minimum atomic E-state index is -0.694. The maximum atomic E-state index is 6.18. The minimum absolute atomic E-state index is 0.327. The molecular weight excluding hydrogens is 348 g/mol. The molecule has 2 aliphatic rings. The molecule has 0 radical (unpaired) electrons. The fourth-order valence-corrected chi connectivity index (χ4v) is 3.20. The van der Waals surface area contributed by atoms with E-state index in [4.69, 9.17) is 28.7 Å². The number of hydrogen-bond donors (Lipinski definition) is 0. The predicted octanol–water partition coefficient (Wildman–Crippen LogP) is 3.21. The second-order valence-electron chi connectivity index (χ2n) is 6.66. The van der Waals surface area contributed by atoms with E-state index in [1.807, 2.05) is 67.6 Å². The van der Waals surface area contributed by atoms with Crippen LogP contribution in [0.4, 0.5) is 0 Å². The first-order valence-electron chi connectivity index (χ1n) is 9.20. The summed E-state index contributed by atoms with van der Waals surface area (Å²) < 4.78 is 23.6. The molecule has 0 amide bonds. The number of hydrogen-bond acceptors (Lipinski definition) is 6. The van der Waals surface area contributed by atoms with Crippen molar-refractivity contribution < 1.29 is 28.7 Å². The second-order valence-corrected chi connectivity index (χ2v) is 6.66. The Bertz CT molecular complexity index is 694. The van der Waals surface area contributed by atoms with Gasteiger partial charge in [-0.05, 0) is 18.1 Å². The summed E-state index contributed by atoms with van der Waals surface area (Å²) in [4.78, 5) is 11.0. The lowest BCUT2D eigenvalue weighted by molar-refractivity contribution is -0.485. The highest BCUT2D eigenvalue weighted by Crippen LogP contribution is 2.30. The Morgan fingerprint density at radius 1 is 0.852 bits per heavy atom. The Morgan fingerprint density at radius 3 is 2.15 bits per heavy atom. The molecule has 144 valence electrons. The number of fused-ring (bicyclic) bond motifs is 1. The van der Waals surface area contributed by atoms with Gasteiger partial charge in [-0.2, -0.15) is 0 Å². The lowest BCUT2D eigenvalue weighted by Crippen LogP contribution is -2.59. The quantitative estimate of drug-likeness (QED) is 0.726. The third-order valence-corrected chi connectivity index (χ3v) is 4.62. The van der Waals surface area contributed by atoms with Gasteiger partial charge in [0.25, 0.3) is 0 Å². The normalized spacial score (nSPS) is 30.6. The Hall–Kier alpha value is -1.80. The summed E-state index contributed by atoms with van der Waals surface area (Å²) in [5.74, 6) is 0. The molecule has 6 heteroatoms. The van der Waals surface area contributed by atoms with Crippen LogP contribution >= 0.6 is 0 Å². The van der Waals surface area contributed by atoms with Crippen molar-refractivity contribution in [2.24, 2.45) is 0 Å². The van der Waals surface area contributed by atoms with E-state index in [0.717, 1.165) is 11.1 Å². The molecule has 2 heterocycles. The van der Waals surface area contributed by atoms with Crippen molar-refractivity contribution >= 4 is 0 Å². The molecule has 0 spiro atoms. The monoisotopic (exact) mass is 372 g/mol. The molecule has 2 aromatic carbocycles. The van der Waals surface area contributed by atoms with Gasteiger partial charge in [0.05, 0.1) is 19.8 Å². The number of benzene rings is 2. The molecule has 0 bridgehead atoms. The van der Waals surface area contributed by atoms with E-state index in [2.05, 4.69) is 0 Å². The second kappa shape index (κ2) is 8.93. The van der Waals surface area contributed by atoms with Gasteiger partial charge < -0.3 is 18.9 Å². The standard InChI is InChI=1S/C21H24O6/c1-15-22-14-18-19(25-15)20(23-12-16-8-4-2-5-9-16)21(27-26-18)24-13-17-10-6-3-7-11-17/h2-11,15,18-21H,12-14H2,1H3. The highest BCUT2D eigenvalue weighted by Gasteiger charge is 2.47. The van der Waals surface area contributed by atoms with Crippen molar-refractivity contribution in [3.05, 3.63) is 71.8 Å². The van der Waals surface area contributed by atoms with E-state index in [9.17, 15) is 0 Å². The zero-order chi connectivity index (χ0) is 18.5. The summed E-state index contributed by atoms with van der Waals surface area (Å²) in [6, 6.07) is 19.9. The van der Waals surface area contributed by atoms with Crippen LogP contribution in [0, 0.1) is 0 Å². The van der Waals surface area contributed by atoms with Crippen LogP contribution in [0.25, 0.3) is 0 Å². The van der Waals surface area contributed by atoms with Gasteiger partial charge in [-0.1, -0.05) is 60.7 Å². The highest BCUT2D eigenvalue weighted by atomic mass is 17.2. The van der Waals surface area contributed by atoms with Crippen molar-refractivity contribution in [2.75, 3.05) is 6.61 Å². The Kier molecular flexibility index (Phi) is 6.14. The fourth-order valence-electron chi connectivity index (χ4n) is 3.20. The SMILES string of the molecule is CC1OCC2OOC(OCc3ccccc3)C(OCc3ccccc3)C2O1. The topological polar surface area (TPSA) is 55.4 Å². The molecule has 5 atom stereocenters. The van der Waals surface area contributed by atoms with E-state index in [1.165, 1.54) is 0 Å². The average molecular weight is 372 g/mol. The van der Waals surface area contributed by atoms with Crippen molar-refractivity contribution in [1.29, 1.82) is 0 Å². The first-order chi connectivity index (χ1) is 13.3. The molecular formula is C21H24O6. The summed E-state index contributed by atoms with van der Waals surface area (Å²) in [6.45, 7) is 3.08. The molecule has 5 unspecified atom stereocenters. The lowest BCUT2D eigenvalue weighted by Gasteiger charge is -2.44. The van der Waals surface area contributed by atoms with Crippen LogP contribution in [0.1, 0.15) is 18.1 Å². The summed E-state index contributed by atoms with van der Waals surface area (Å²) >= 11 is 0. The third kappa shape index (κ3) is 4.73. The maximum Gasteiger partial charge on any atom is 0.220 e. The van der Waals surface area contributed by atoms with Gasteiger partial charge in [-0.15, -0.1) is 0 Å². The van der Waals surface area contributed by atoms with Crippen LogP contribution in [0.2, 0.25) is 0 Å². The van der Waals surface area contributed by atoms with Crippen molar-refractivity contribution in [2.45, 2.75) is 51.0 Å². The maximum absolute atomic E-state index is 6.18. The zero-order valence-corrected chi connectivity index (χ0v) is 15.2. The van der Waals surface area contributed by atoms with Crippen LogP contribution in [-0.2, 0) is 41.9 Å². The lowest BCUT2D eigenvalue weighted by atomic mass is 10.1. The molecule has 0 saturated carbocycles. The molecule has 0 aromatic heterocycles. The van der Waals surface area contributed by atoms with E-state index >= 15 is 0 Å². The molecule has 2 saturated heterocycles. The Labute approximate surface area is 158 Å². The largest absolute Gasteiger partial charge is 0.365 e. The van der Waals surface area contributed by atoms with E-state index in [-0.39, 0.29) is 18.5 Å². The molecule has 0 aliphatic carbocycles. The highest BCUT2D eigenvalue weighted by molar-refractivity contribution is 5.14. The van der Waals surface area contributed by atoms with E-state index < -0.39 is 12.4 Å². The van der Waals surface area contributed by atoms with Gasteiger partial charge in [0.1, 0.15) is 18.3 Å². The van der Waals surface area contributed by atoms with E-state index in [0.29, 0.717) is 19.8 Å². The first kappa shape index (κ1) is 18.6. The van der Waals surface area contributed by atoms with Crippen LogP contribution in [0.3, 0.4) is 0 Å². The van der Waals surface area contributed by atoms with Gasteiger partial charge in [-0.25, -0.2) is 9.78 Å². The molecule has 27 heavy (non-hydrogen) atoms. The summed E-state index contributed by atoms with van der Waals surface area (Å²) in [5.41, 5.74) is 2.12. The Balaban J connectivity index is 1.45. The Morgan fingerprint density at radius 2 is 1.48 bits per heavy atom. The third-order valence-electron chi connectivity index (χ3n) is 4.62. The zero-order valence-electron chi connectivity index (χ0n) is 15.2. The van der Waals surface area contributed by atoms with Gasteiger partial charge >= 0.3 is 0 Å². The first-order valence-corrected chi connectivity index (χ1v) is 9.20. The van der Waals surface area contributed by atoms with Crippen LogP contribution in [0.5, 0.6) is 0 Å². The summed E-state index contributed by atoms with van der Waals surface area (Å²) in [7, 11) is 0. The molecule has 6 nitrogen and oxygen atoms in total.